The van der Waals surface area contributed by atoms with Gasteiger partial charge in [0.1, 0.15) is 11.2 Å². The second-order valence-corrected chi connectivity index (χ2v) is 5.69. The standard InChI is InChI=1S/C19H18N2O2/c1-3-21(4-2)14-7-5-12-9-18-19(23-16(12)11-14)15-8-6-13(20)10-17(15)22-18/h5-11,20H,3-4H2,1-2H3/p+1. The summed E-state index contributed by atoms with van der Waals surface area (Å²) < 4.78 is 12.0. The number of anilines is 1. The van der Waals surface area contributed by atoms with Crippen LogP contribution >= 0.6 is 0 Å². The summed E-state index contributed by atoms with van der Waals surface area (Å²) in [6.45, 7) is 6.25. The van der Waals surface area contributed by atoms with E-state index in [1.165, 1.54) is 5.69 Å². The molecule has 4 aromatic rings. The van der Waals surface area contributed by atoms with Gasteiger partial charge in [0, 0.05) is 36.3 Å². The van der Waals surface area contributed by atoms with Crippen molar-refractivity contribution in [1.82, 2.24) is 0 Å². The van der Waals surface area contributed by atoms with E-state index >= 15 is 0 Å². The minimum Gasteiger partial charge on any atom is -0.452 e. The molecule has 0 aliphatic heterocycles. The molecule has 4 nitrogen and oxygen atoms in total. The van der Waals surface area contributed by atoms with Gasteiger partial charge in [0.25, 0.3) is 0 Å². The van der Waals surface area contributed by atoms with Gasteiger partial charge in [-0.25, -0.2) is 0 Å². The van der Waals surface area contributed by atoms with Crippen LogP contribution in [0.1, 0.15) is 13.8 Å². The molecule has 2 aromatic carbocycles. The smallest absolute Gasteiger partial charge is 0.200 e. The zero-order valence-corrected chi connectivity index (χ0v) is 13.3. The minimum atomic E-state index is 0.685. The molecule has 2 N–H and O–H groups in total. The normalized spacial score (nSPS) is 11.6. The quantitative estimate of drug-likeness (QED) is 0.633. The van der Waals surface area contributed by atoms with E-state index in [0.29, 0.717) is 5.36 Å². The fraction of sp³-hybridized carbons (Fsp3) is 0.211. The Morgan fingerprint density at radius 2 is 1.70 bits per heavy atom. The molecular formula is C19H19N2O2+. The second kappa shape index (κ2) is 5.16. The van der Waals surface area contributed by atoms with Crippen LogP contribution < -0.4 is 15.7 Å². The number of benzene rings is 2. The third-order valence-electron chi connectivity index (χ3n) is 4.32. The average molecular weight is 307 g/mol. The third-order valence-corrected chi connectivity index (χ3v) is 4.32. The van der Waals surface area contributed by atoms with E-state index in [4.69, 9.17) is 14.2 Å². The summed E-state index contributed by atoms with van der Waals surface area (Å²) in [4.78, 5) is 2.30. The maximum absolute atomic E-state index is 6.16. The first kappa shape index (κ1) is 13.9. The summed E-state index contributed by atoms with van der Waals surface area (Å²) in [7, 11) is 0. The van der Waals surface area contributed by atoms with Gasteiger partial charge in [0.15, 0.2) is 16.5 Å². The van der Waals surface area contributed by atoms with E-state index in [9.17, 15) is 0 Å². The van der Waals surface area contributed by atoms with Crippen molar-refractivity contribution in [3.05, 3.63) is 47.8 Å². The molecule has 4 heteroatoms. The predicted octanol–water partition coefficient (Wildman–Crippen LogP) is 2.84. The van der Waals surface area contributed by atoms with Crippen molar-refractivity contribution >= 4 is 38.8 Å². The minimum absolute atomic E-state index is 0.685. The highest BCUT2D eigenvalue weighted by Crippen LogP contribution is 2.32. The molecule has 0 aliphatic carbocycles. The number of hydrogen-bond donors (Lipinski definition) is 1. The highest BCUT2D eigenvalue weighted by molar-refractivity contribution is 6.04. The van der Waals surface area contributed by atoms with Gasteiger partial charge in [-0.1, -0.05) is 0 Å². The van der Waals surface area contributed by atoms with Crippen LogP contribution in [0.2, 0.25) is 0 Å². The van der Waals surface area contributed by atoms with Crippen molar-refractivity contribution in [3.63, 3.8) is 0 Å². The Hall–Kier alpha value is -2.75. The predicted molar refractivity (Wildman–Crippen MR) is 92.1 cm³/mol. The van der Waals surface area contributed by atoms with E-state index in [1.807, 2.05) is 24.3 Å². The number of rotatable bonds is 3. The van der Waals surface area contributed by atoms with Crippen molar-refractivity contribution in [3.8, 4) is 0 Å². The highest BCUT2D eigenvalue weighted by Gasteiger charge is 2.12. The molecule has 0 saturated carbocycles. The van der Waals surface area contributed by atoms with Gasteiger partial charge in [-0.05, 0) is 38.1 Å². The van der Waals surface area contributed by atoms with Gasteiger partial charge in [-0.15, -0.1) is 0 Å². The SMILES string of the molecule is CCN(CC)c1ccc2cc3oc4cc(=[NH2+])ccc4c3oc2c1. The van der Waals surface area contributed by atoms with E-state index in [2.05, 4.69) is 36.9 Å². The topological polar surface area (TPSA) is 55.1 Å². The van der Waals surface area contributed by atoms with Crippen LogP contribution in [0.5, 0.6) is 0 Å². The first-order valence-electron chi connectivity index (χ1n) is 7.93. The molecule has 0 amide bonds. The highest BCUT2D eigenvalue weighted by atomic mass is 16.4. The van der Waals surface area contributed by atoms with Crippen molar-refractivity contribution in [2.24, 2.45) is 0 Å². The van der Waals surface area contributed by atoms with E-state index in [1.54, 1.807) is 0 Å². The lowest BCUT2D eigenvalue weighted by Crippen LogP contribution is -2.44. The zero-order valence-electron chi connectivity index (χ0n) is 13.3. The van der Waals surface area contributed by atoms with E-state index in [-0.39, 0.29) is 0 Å². The number of nitrogens with two attached hydrogens (primary N) is 1. The lowest BCUT2D eigenvalue weighted by Gasteiger charge is -2.20. The monoisotopic (exact) mass is 307 g/mol. The summed E-state index contributed by atoms with van der Waals surface area (Å²) in [5, 5.41) is 8.49. The van der Waals surface area contributed by atoms with Crippen LogP contribution in [0.15, 0.2) is 51.3 Å². The maximum atomic E-state index is 6.16. The molecule has 2 heterocycles. The lowest BCUT2D eigenvalue weighted by molar-refractivity contribution is -0.172. The molecule has 0 radical (unpaired) electrons. The Labute approximate surface area is 133 Å². The molecule has 0 bridgehead atoms. The van der Waals surface area contributed by atoms with Crippen LogP contribution in [0.3, 0.4) is 0 Å². The first-order valence-corrected chi connectivity index (χ1v) is 7.93. The van der Waals surface area contributed by atoms with Gasteiger partial charge in [0.05, 0.1) is 11.5 Å². The molecule has 0 unspecified atom stereocenters. The van der Waals surface area contributed by atoms with E-state index in [0.717, 1.165) is 46.2 Å². The molecule has 0 fully saturated rings. The first-order chi connectivity index (χ1) is 11.2. The van der Waals surface area contributed by atoms with Crippen molar-refractivity contribution in [2.45, 2.75) is 13.8 Å². The average Bonchev–Trinajstić information content (AvgIpc) is 2.90. The molecule has 0 atom stereocenters. The van der Waals surface area contributed by atoms with Crippen LogP contribution in [0, 0.1) is 0 Å². The van der Waals surface area contributed by atoms with Crippen LogP contribution in [0.4, 0.5) is 5.69 Å². The number of nitrogens with zero attached hydrogens (tertiary/aromatic N) is 1. The van der Waals surface area contributed by atoms with Gasteiger partial charge < -0.3 is 13.7 Å². The summed E-state index contributed by atoms with van der Waals surface area (Å²) in [6, 6.07) is 14.0. The van der Waals surface area contributed by atoms with Crippen molar-refractivity contribution in [1.29, 1.82) is 0 Å². The van der Waals surface area contributed by atoms with Crippen LogP contribution in [0.25, 0.3) is 33.1 Å². The fourth-order valence-electron chi connectivity index (χ4n) is 3.08. The maximum Gasteiger partial charge on any atom is 0.200 e. The molecule has 0 aliphatic rings. The lowest BCUT2D eigenvalue weighted by atomic mass is 10.2. The number of hydrogen-bond acceptors (Lipinski definition) is 3. The van der Waals surface area contributed by atoms with Crippen LogP contribution in [-0.2, 0) is 0 Å². The Balaban J connectivity index is 2.00. The summed E-state index contributed by atoms with van der Waals surface area (Å²) in [5.74, 6) is 0. The fourth-order valence-corrected chi connectivity index (χ4v) is 3.08. The second-order valence-electron chi connectivity index (χ2n) is 5.69. The molecular weight excluding hydrogens is 288 g/mol. The van der Waals surface area contributed by atoms with Crippen molar-refractivity contribution < 1.29 is 14.2 Å². The van der Waals surface area contributed by atoms with Gasteiger partial charge in [-0.2, -0.15) is 0 Å². The zero-order chi connectivity index (χ0) is 16.0. The number of fused-ring (bicyclic) bond motifs is 4. The van der Waals surface area contributed by atoms with Gasteiger partial charge >= 0.3 is 0 Å². The Morgan fingerprint density at radius 3 is 2.48 bits per heavy atom. The largest absolute Gasteiger partial charge is 0.452 e. The van der Waals surface area contributed by atoms with Gasteiger partial charge in [-0.3, -0.25) is 5.41 Å². The van der Waals surface area contributed by atoms with Crippen molar-refractivity contribution in [2.75, 3.05) is 18.0 Å². The Kier molecular flexibility index (Phi) is 3.11. The molecule has 23 heavy (non-hydrogen) atoms. The Morgan fingerprint density at radius 1 is 0.870 bits per heavy atom. The molecule has 4 rings (SSSR count). The summed E-state index contributed by atoms with van der Waals surface area (Å²) >= 11 is 0. The van der Waals surface area contributed by atoms with E-state index < -0.39 is 0 Å². The summed E-state index contributed by atoms with van der Waals surface area (Å²) in [6.07, 6.45) is 0. The Bertz CT molecular complexity index is 1070. The van der Waals surface area contributed by atoms with Gasteiger partial charge in [0.2, 0.25) is 0 Å². The third kappa shape index (κ3) is 2.18. The van der Waals surface area contributed by atoms with Crippen LogP contribution in [-0.4, -0.2) is 13.1 Å². The molecule has 0 spiro atoms. The molecule has 0 saturated heterocycles. The summed E-state index contributed by atoms with van der Waals surface area (Å²) in [5.41, 5.74) is 4.30. The molecule has 2 aromatic heterocycles. The number of furan rings is 1. The molecule has 116 valence electrons.